The number of rotatable bonds is 10. The van der Waals surface area contributed by atoms with Crippen LogP contribution in [0.2, 0.25) is 0 Å². The van der Waals surface area contributed by atoms with Crippen LogP contribution in [0.25, 0.3) is 0 Å². The summed E-state index contributed by atoms with van der Waals surface area (Å²) in [7, 11) is 0. The Morgan fingerprint density at radius 2 is 1.63 bits per heavy atom. The Kier molecular flexibility index (Phi) is 8.08. The summed E-state index contributed by atoms with van der Waals surface area (Å²) in [5.74, 6) is -0.117. The summed E-state index contributed by atoms with van der Waals surface area (Å²) in [4.78, 5) is 15.1. The average Bonchev–Trinajstić information content (AvgIpc) is 3.32. The summed E-state index contributed by atoms with van der Waals surface area (Å²) < 4.78 is 5.57. The second kappa shape index (κ2) is 11.2. The molecule has 2 atom stereocenters. The molecule has 0 aromatic heterocycles. The highest BCUT2D eigenvalue weighted by molar-refractivity contribution is 5.82. The van der Waals surface area contributed by atoms with Gasteiger partial charge in [0.05, 0.1) is 0 Å². The number of likely N-dealkylation sites (tertiary alicyclic amines) is 1. The van der Waals surface area contributed by atoms with E-state index in [1.54, 1.807) is 6.08 Å². The quantitative estimate of drug-likeness (QED) is 0.283. The van der Waals surface area contributed by atoms with Crippen LogP contribution >= 0.6 is 0 Å². The second-order valence-corrected chi connectivity index (χ2v) is 7.66. The van der Waals surface area contributed by atoms with Crippen LogP contribution in [-0.2, 0) is 16.1 Å². The molecule has 0 radical (unpaired) electrons. The van der Waals surface area contributed by atoms with Crippen molar-refractivity contribution in [3.05, 3.63) is 109 Å². The van der Waals surface area contributed by atoms with Gasteiger partial charge in [-0.1, -0.05) is 72.8 Å². The van der Waals surface area contributed by atoms with Crippen molar-refractivity contribution in [1.82, 2.24) is 4.90 Å². The highest BCUT2D eigenvalue weighted by Crippen LogP contribution is 2.37. The summed E-state index contributed by atoms with van der Waals surface area (Å²) in [5, 5.41) is 0. The maximum Gasteiger partial charge on any atom is 0.332 e. The smallest absolute Gasteiger partial charge is 0.332 e. The van der Waals surface area contributed by atoms with Crippen molar-refractivity contribution in [2.24, 2.45) is 5.92 Å². The number of benzene rings is 2. The fraction of sp³-hybridized carbons (Fsp3) is 0.296. The molecule has 1 saturated heterocycles. The molecule has 156 valence electrons. The summed E-state index contributed by atoms with van der Waals surface area (Å²) in [6, 6.07) is 20.1. The largest absolute Gasteiger partial charge is 0.458 e. The molecule has 30 heavy (non-hydrogen) atoms. The second-order valence-electron chi connectivity index (χ2n) is 7.66. The summed E-state index contributed by atoms with van der Waals surface area (Å²) in [5.41, 5.74) is 3.21. The Hall–Kier alpha value is -3.07. The number of carbonyl (C=O) groups excluding carboxylic acids is 1. The van der Waals surface area contributed by atoms with Crippen molar-refractivity contribution >= 4 is 5.97 Å². The van der Waals surface area contributed by atoms with Gasteiger partial charge in [0, 0.05) is 36.7 Å². The third-order valence-corrected chi connectivity index (χ3v) is 5.63. The van der Waals surface area contributed by atoms with Crippen LogP contribution in [0.1, 0.15) is 36.3 Å². The van der Waals surface area contributed by atoms with Gasteiger partial charge in [-0.15, -0.1) is 13.2 Å². The molecule has 0 N–H and O–H groups in total. The normalized spacial score (nSPS) is 16.0. The van der Waals surface area contributed by atoms with Gasteiger partial charge in [0.25, 0.3) is 0 Å². The van der Waals surface area contributed by atoms with E-state index in [2.05, 4.69) is 30.2 Å². The lowest BCUT2D eigenvalue weighted by Crippen LogP contribution is -2.28. The highest BCUT2D eigenvalue weighted by Gasteiger charge is 2.29. The zero-order chi connectivity index (χ0) is 21.2. The maximum absolute atomic E-state index is 12.8. The van der Waals surface area contributed by atoms with Gasteiger partial charge in [-0.2, -0.15) is 0 Å². The van der Waals surface area contributed by atoms with Crippen LogP contribution in [0.3, 0.4) is 0 Å². The number of nitrogens with zero attached hydrogens (tertiary/aromatic N) is 1. The zero-order valence-corrected chi connectivity index (χ0v) is 17.6. The van der Waals surface area contributed by atoms with Crippen molar-refractivity contribution < 1.29 is 9.53 Å². The molecule has 1 heterocycles. The lowest BCUT2D eigenvalue weighted by atomic mass is 9.81. The molecular formula is C27H31NO2. The summed E-state index contributed by atoms with van der Waals surface area (Å²) >= 11 is 0. The van der Waals surface area contributed by atoms with E-state index in [9.17, 15) is 4.79 Å². The van der Waals surface area contributed by atoms with Gasteiger partial charge in [-0.3, -0.25) is 0 Å². The third-order valence-electron chi connectivity index (χ3n) is 5.63. The summed E-state index contributed by atoms with van der Waals surface area (Å²) in [6.07, 6.45) is 8.66. The Morgan fingerprint density at radius 1 is 1.00 bits per heavy atom. The van der Waals surface area contributed by atoms with Gasteiger partial charge in [0.1, 0.15) is 6.61 Å². The van der Waals surface area contributed by atoms with Crippen LogP contribution in [0.4, 0.5) is 0 Å². The predicted octanol–water partition coefficient (Wildman–Crippen LogP) is 5.87. The van der Waals surface area contributed by atoms with Crippen molar-refractivity contribution in [2.75, 3.05) is 13.1 Å². The number of esters is 1. The minimum absolute atomic E-state index is 0.0878. The van der Waals surface area contributed by atoms with E-state index in [0.29, 0.717) is 0 Å². The molecule has 0 unspecified atom stereocenters. The van der Waals surface area contributed by atoms with Crippen LogP contribution < -0.4 is 0 Å². The molecule has 1 fully saturated rings. The fourth-order valence-electron chi connectivity index (χ4n) is 4.14. The number of hydrogen-bond acceptors (Lipinski definition) is 3. The van der Waals surface area contributed by atoms with E-state index in [1.165, 1.54) is 5.56 Å². The van der Waals surface area contributed by atoms with E-state index < -0.39 is 0 Å². The lowest BCUT2D eigenvalue weighted by molar-refractivity contribution is -0.139. The monoisotopic (exact) mass is 401 g/mol. The minimum atomic E-state index is -0.300. The molecule has 3 nitrogen and oxygen atoms in total. The van der Waals surface area contributed by atoms with Crippen molar-refractivity contribution in [3.63, 3.8) is 0 Å². The van der Waals surface area contributed by atoms with E-state index in [-0.39, 0.29) is 24.4 Å². The van der Waals surface area contributed by atoms with Gasteiger partial charge < -0.3 is 9.64 Å². The number of ether oxygens (including phenoxy) is 1. The minimum Gasteiger partial charge on any atom is -0.458 e. The zero-order valence-electron chi connectivity index (χ0n) is 17.6. The van der Waals surface area contributed by atoms with Gasteiger partial charge in [0.15, 0.2) is 0 Å². The first kappa shape index (κ1) is 21.6. The Labute approximate surface area is 180 Å². The number of hydrogen-bond donors (Lipinski definition) is 0. The highest BCUT2D eigenvalue weighted by atomic mass is 16.5. The Bertz CT molecular complexity index is 851. The molecular weight excluding hydrogens is 370 g/mol. The molecule has 1 aliphatic rings. The number of allylic oxidation sites excluding steroid dienone is 3. The van der Waals surface area contributed by atoms with Crippen molar-refractivity contribution in [2.45, 2.75) is 31.8 Å². The first-order valence-electron chi connectivity index (χ1n) is 10.7. The van der Waals surface area contributed by atoms with E-state index >= 15 is 0 Å². The van der Waals surface area contributed by atoms with Crippen LogP contribution in [0.5, 0.6) is 0 Å². The fourth-order valence-corrected chi connectivity index (χ4v) is 4.14. The lowest BCUT2D eigenvalue weighted by Gasteiger charge is -2.33. The first-order chi connectivity index (χ1) is 14.7. The van der Waals surface area contributed by atoms with Gasteiger partial charge in [-0.05, 0) is 30.4 Å². The first-order valence-corrected chi connectivity index (χ1v) is 10.7. The molecule has 0 bridgehead atoms. The Morgan fingerprint density at radius 3 is 2.23 bits per heavy atom. The van der Waals surface area contributed by atoms with Crippen LogP contribution in [0, 0.1) is 5.92 Å². The average molecular weight is 402 g/mol. The van der Waals surface area contributed by atoms with Crippen LogP contribution in [-0.4, -0.2) is 24.0 Å². The van der Waals surface area contributed by atoms with E-state index in [4.69, 9.17) is 4.74 Å². The molecule has 0 aliphatic carbocycles. The molecule has 1 aliphatic heterocycles. The molecule has 2 aromatic rings. The SMILES string of the molecule is C=CC[C@H](/C(=C\C(=O)OCc1ccccc1)N1CCCC1)[C@@H](C=C)c1ccccc1. The van der Waals surface area contributed by atoms with Gasteiger partial charge in [-0.25, -0.2) is 4.79 Å². The summed E-state index contributed by atoms with van der Waals surface area (Å²) in [6.45, 7) is 10.3. The van der Waals surface area contributed by atoms with Crippen LogP contribution in [0.15, 0.2) is 97.7 Å². The topological polar surface area (TPSA) is 29.5 Å². The molecule has 0 saturated carbocycles. The predicted molar refractivity (Wildman–Crippen MR) is 123 cm³/mol. The molecule has 3 rings (SSSR count). The molecule has 0 amide bonds. The number of carbonyl (C=O) groups is 1. The van der Waals surface area contributed by atoms with Crippen molar-refractivity contribution in [1.29, 1.82) is 0 Å². The van der Waals surface area contributed by atoms with E-state index in [0.717, 1.165) is 43.6 Å². The third kappa shape index (κ3) is 5.73. The van der Waals surface area contributed by atoms with Crippen molar-refractivity contribution in [3.8, 4) is 0 Å². The molecule has 3 heteroatoms. The van der Waals surface area contributed by atoms with Gasteiger partial charge >= 0.3 is 5.97 Å². The standard InChI is InChI=1S/C27H31NO2/c1-3-13-25(24(4-2)23-16-9-6-10-17-23)26(28-18-11-12-19-28)20-27(29)30-21-22-14-7-5-8-15-22/h3-10,14-17,20,24-25H,1-2,11-13,18-19,21H2/b26-20+/t24-,25-/m0/s1. The van der Waals surface area contributed by atoms with E-state index in [1.807, 2.05) is 60.7 Å². The molecule has 2 aromatic carbocycles. The Balaban J connectivity index is 1.87. The maximum atomic E-state index is 12.8. The molecule has 0 spiro atoms. The van der Waals surface area contributed by atoms with Gasteiger partial charge in [0.2, 0.25) is 0 Å².